The molecule has 2 aliphatic heterocycles. The third-order valence-electron chi connectivity index (χ3n) is 8.62. The Balaban J connectivity index is 1.33. The van der Waals surface area contributed by atoms with Gasteiger partial charge in [-0.3, -0.25) is 4.90 Å². The minimum absolute atomic E-state index is 0.281. The summed E-state index contributed by atoms with van der Waals surface area (Å²) < 4.78 is 11.4. The highest BCUT2D eigenvalue weighted by Gasteiger charge is 2.42. The molecule has 0 bridgehead atoms. The number of hydrogen-bond donors (Lipinski definition) is 2. The van der Waals surface area contributed by atoms with E-state index in [1.165, 1.54) is 18.2 Å². The first kappa shape index (κ1) is 30.1. The number of ether oxygens (including phenoxy) is 2. The lowest BCUT2D eigenvalue weighted by Crippen LogP contribution is -2.39. The predicted molar refractivity (Wildman–Crippen MR) is 169 cm³/mol. The average Bonchev–Trinajstić information content (AvgIpc) is 3.37. The standard InChI is InChI=1S/C36H41N3O4/c1-24-31(34(40)42-4)33(28-16-11-17-29(37)22-28)32(25(2)38-24)35(41)43-36(3)19-21-39(23-36)20-18-30(26-12-7-5-8-13-26)27-14-9-6-10-15-27/h5-17,22,30,33,38H,18-21,23,37H2,1-4H3/t33-,36+/m0/s1. The van der Waals surface area contributed by atoms with Crippen LogP contribution in [0.25, 0.3) is 0 Å². The molecule has 3 aromatic carbocycles. The van der Waals surface area contributed by atoms with E-state index >= 15 is 0 Å². The van der Waals surface area contributed by atoms with E-state index < -0.39 is 23.5 Å². The molecular weight excluding hydrogens is 538 g/mol. The molecule has 2 heterocycles. The fourth-order valence-corrected chi connectivity index (χ4v) is 6.50. The van der Waals surface area contributed by atoms with Gasteiger partial charge in [-0.2, -0.15) is 0 Å². The number of carbonyl (C=O) groups excluding carboxylic acids is 2. The lowest BCUT2D eigenvalue weighted by atomic mass is 9.80. The molecule has 7 nitrogen and oxygen atoms in total. The summed E-state index contributed by atoms with van der Waals surface area (Å²) in [5, 5.41) is 3.22. The van der Waals surface area contributed by atoms with E-state index in [1.54, 1.807) is 12.1 Å². The number of nitrogens with two attached hydrogens (primary N) is 1. The fourth-order valence-electron chi connectivity index (χ4n) is 6.50. The van der Waals surface area contributed by atoms with Crippen LogP contribution in [0.15, 0.2) is 107 Å². The summed E-state index contributed by atoms with van der Waals surface area (Å²) in [4.78, 5) is 29.4. The van der Waals surface area contributed by atoms with Crippen LogP contribution >= 0.6 is 0 Å². The van der Waals surface area contributed by atoms with E-state index in [-0.39, 0.29) is 5.92 Å². The number of likely N-dealkylation sites (tertiary alicyclic amines) is 1. The number of hydrogen-bond acceptors (Lipinski definition) is 7. The minimum atomic E-state index is -0.665. The van der Waals surface area contributed by atoms with Gasteiger partial charge in [0.2, 0.25) is 0 Å². The highest BCUT2D eigenvalue weighted by molar-refractivity contribution is 6.00. The van der Waals surface area contributed by atoms with Crippen molar-refractivity contribution >= 4 is 17.6 Å². The molecule has 2 aliphatic rings. The second-order valence-electron chi connectivity index (χ2n) is 11.8. The number of benzene rings is 3. The highest BCUT2D eigenvalue weighted by Crippen LogP contribution is 2.41. The second-order valence-corrected chi connectivity index (χ2v) is 11.8. The SMILES string of the molecule is COC(=O)C1=C(C)NC(C)=C(C(=O)O[C@]2(C)CCN(CCC(c3ccccc3)c3ccccc3)C2)[C@H]1c1cccc(N)c1. The molecule has 0 spiro atoms. The zero-order valence-electron chi connectivity index (χ0n) is 25.4. The number of dihydropyridines is 1. The molecule has 0 aliphatic carbocycles. The van der Waals surface area contributed by atoms with Crippen molar-refractivity contribution in [3.63, 3.8) is 0 Å². The maximum atomic E-state index is 14.0. The Morgan fingerprint density at radius 3 is 2.12 bits per heavy atom. The molecule has 0 aromatic heterocycles. The van der Waals surface area contributed by atoms with Crippen molar-refractivity contribution in [1.82, 2.24) is 10.2 Å². The van der Waals surface area contributed by atoms with Gasteiger partial charge in [-0.15, -0.1) is 0 Å². The first-order valence-electron chi connectivity index (χ1n) is 14.9. The molecular formula is C36H41N3O4. The number of nitrogens with one attached hydrogen (secondary N) is 1. The van der Waals surface area contributed by atoms with E-state index in [4.69, 9.17) is 15.2 Å². The number of methoxy groups -OCH3 is 1. The van der Waals surface area contributed by atoms with E-state index in [0.717, 1.165) is 31.5 Å². The van der Waals surface area contributed by atoms with Crippen LogP contribution in [0.2, 0.25) is 0 Å². The molecule has 224 valence electrons. The second kappa shape index (κ2) is 12.9. The van der Waals surface area contributed by atoms with Gasteiger partial charge in [0.15, 0.2) is 0 Å². The average molecular weight is 580 g/mol. The summed E-state index contributed by atoms with van der Waals surface area (Å²) in [5.74, 6) is -1.32. The maximum Gasteiger partial charge on any atom is 0.337 e. The molecule has 0 radical (unpaired) electrons. The van der Waals surface area contributed by atoms with Crippen LogP contribution in [-0.4, -0.2) is 49.2 Å². The third kappa shape index (κ3) is 6.67. The van der Waals surface area contributed by atoms with Crippen molar-refractivity contribution in [2.75, 3.05) is 32.5 Å². The number of nitrogens with zero attached hydrogens (tertiary/aromatic N) is 1. The Morgan fingerprint density at radius 1 is 0.930 bits per heavy atom. The van der Waals surface area contributed by atoms with Crippen molar-refractivity contribution in [2.24, 2.45) is 0 Å². The third-order valence-corrected chi connectivity index (χ3v) is 8.62. The van der Waals surface area contributed by atoms with Gasteiger partial charge >= 0.3 is 11.9 Å². The molecule has 1 fully saturated rings. The number of anilines is 1. The Morgan fingerprint density at radius 2 is 1.53 bits per heavy atom. The highest BCUT2D eigenvalue weighted by atomic mass is 16.6. The van der Waals surface area contributed by atoms with Crippen LogP contribution in [0.4, 0.5) is 5.69 Å². The van der Waals surface area contributed by atoms with Crippen LogP contribution in [0.5, 0.6) is 0 Å². The van der Waals surface area contributed by atoms with Gasteiger partial charge in [-0.25, -0.2) is 9.59 Å². The molecule has 3 N–H and O–H groups in total. The normalized spacial score (nSPS) is 20.7. The Labute approximate surface area is 254 Å². The summed E-state index contributed by atoms with van der Waals surface area (Å²) in [6, 6.07) is 28.5. The van der Waals surface area contributed by atoms with Crippen molar-refractivity contribution in [3.8, 4) is 0 Å². The van der Waals surface area contributed by atoms with E-state index in [1.807, 2.05) is 45.0 Å². The van der Waals surface area contributed by atoms with Crippen LogP contribution < -0.4 is 11.1 Å². The van der Waals surface area contributed by atoms with Gasteiger partial charge in [0.1, 0.15) is 5.60 Å². The number of esters is 2. The van der Waals surface area contributed by atoms with Gasteiger partial charge in [0.25, 0.3) is 0 Å². The van der Waals surface area contributed by atoms with Gasteiger partial charge in [-0.05, 0) is 62.6 Å². The van der Waals surface area contributed by atoms with Crippen LogP contribution in [0.3, 0.4) is 0 Å². The molecule has 3 aromatic rings. The number of allylic oxidation sites excluding steroid dienone is 2. The van der Waals surface area contributed by atoms with Crippen molar-refractivity contribution in [3.05, 3.63) is 124 Å². The lowest BCUT2D eigenvalue weighted by Gasteiger charge is -2.33. The van der Waals surface area contributed by atoms with Crippen molar-refractivity contribution in [2.45, 2.75) is 51.0 Å². The van der Waals surface area contributed by atoms with E-state index in [9.17, 15) is 9.59 Å². The fraction of sp³-hybridized carbons (Fsp3) is 0.333. The number of nitrogen functional groups attached to an aromatic ring is 1. The summed E-state index contributed by atoms with van der Waals surface area (Å²) in [6.07, 6.45) is 1.68. The van der Waals surface area contributed by atoms with Crippen molar-refractivity contribution in [1.29, 1.82) is 0 Å². The van der Waals surface area contributed by atoms with Gasteiger partial charge < -0.3 is 20.5 Å². The monoisotopic (exact) mass is 579 g/mol. The Kier molecular flexibility index (Phi) is 9.02. The summed E-state index contributed by atoms with van der Waals surface area (Å²) in [6.45, 7) is 8.00. The molecule has 0 unspecified atom stereocenters. The molecule has 0 amide bonds. The number of carbonyl (C=O) groups is 2. The first-order valence-corrected chi connectivity index (χ1v) is 14.9. The maximum absolute atomic E-state index is 14.0. The molecule has 1 saturated heterocycles. The number of rotatable bonds is 9. The summed E-state index contributed by atoms with van der Waals surface area (Å²) in [7, 11) is 1.34. The van der Waals surface area contributed by atoms with Crippen LogP contribution in [-0.2, 0) is 19.1 Å². The van der Waals surface area contributed by atoms with Gasteiger partial charge in [-0.1, -0.05) is 72.8 Å². The zero-order valence-corrected chi connectivity index (χ0v) is 25.4. The zero-order chi connectivity index (χ0) is 30.6. The first-order chi connectivity index (χ1) is 20.7. The molecule has 5 rings (SSSR count). The van der Waals surface area contributed by atoms with Crippen LogP contribution in [0.1, 0.15) is 62.1 Å². The van der Waals surface area contributed by atoms with Gasteiger partial charge in [0, 0.05) is 42.5 Å². The molecule has 2 atom stereocenters. The molecule has 0 saturated carbocycles. The quantitative estimate of drug-likeness (QED) is 0.241. The lowest BCUT2D eigenvalue weighted by molar-refractivity contribution is -0.152. The summed E-state index contributed by atoms with van der Waals surface area (Å²) >= 11 is 0. The smallest absolute Gasteiger partial charge is 0.337 e. The van der Waals surface area contributed by atoms with Gasteiger partial charge in [0.05, 0.1) is 24.2 Å². The Hall–Kier alpha value is -4.36. The van der Waals surface area contributed by atoms with Crippen LogP contribution in [0, 0.1) is 0 Å². The van der Waals surface area contributed by atoms with Crippen molar-refractivity contribution < 1.29 is 19.1 Å². The predicted octanol–water partition coefficient (Wildman–Crippen LogP) is 5.91. The Bertz CT molecular complexity index is 1490. The van der Waals surface area contributed by atoms with E-state index in [0.29, 0.717) is 34.8 Å². The van der Waals surface area contributed by atoms with E-state index in [2.05, 4.69) is 58.7 Å². The molecule has 7 heteroatoms. The largest absolute Gasteiger partial charge is 0.466 e. The minimum Gasteiger partial charge on any atom is -0.466 e. The topological polar surface area (TPSA) is 93.9 Å². The summed E-state index contributed by atoms with van der Waals surface area (Å²) in [5.41, 5.74) is 11.4. The molecule has 43 heavy (non-hydrogen) atoms.